The van der Waals surface area contributed by atoms with Gasteiger partial charge in [-0.3, -0.25) is 4.98 Å². The van der Waals surface area contributed by atoms with Crippen LogP contribution in [0.25, 0.3) is 0 Å². The number of nitrogens with zero attached hydrogens (tertiary/aromatic N) is 1. The van der Waals surface area contributed by atoms with Gasteiger partial charge in [0.2, 0.25) is 0 Å². The van der Waals surface area contributed by atoms with Gasteiger partial charge in [-0.05, 0) is 39.4 Å². The van der Waals surface area contributed by atoms with E-state index in [0.29, 0.717) is 18.4 Å². The fourth-order valence-corrected chi connectivity index (χ4v) is 2.77. The summed E-state index contributed by atoms with van der Waals surface area (Å²) in [4.78, 5) is 4.63. The van der Waals surface area contributed by atoms with Crippen LogP contribution in [0, 0.1) is 0 Å². The van der Waals surface area contributed by atoms with Crippen LogP contribution in [0.5, 0.6) is 0 Å². The number of ether oxygens (including phenoxy) is 1. The van der Waals surface area contributed by atoms with E-state index in [9.17, 15) is 0 Å². The molecule has 1 aromatic rings. The van der Waals surface area contributed by atoms with Gasteiger partial charge in [-0.2, -0.15) is 0 Å². The molecule has 3 heteroatoms. The number of methoxy groups -OCH3 is 1. The van der Waals surface area contributed by atoms with Crippen LogP contribution >= 0.6 is 15.9 Å². The quantitative estimate of drug-likeness (QED) is 0.826. The van der Waals surface area contributed by atoms with Gasteiger partial charge in [0, 0.05) is 11.6 Å². The van der Waals surface area contributed by atoms with Crippen molar-refractivity contribution in [1.82, 2.24) is 4.98 Å². The first-order chi connectivity index (χ1) is 7.47. The van der Waals surface area contributed by atoms with E-state index in [0.717, 1.165) is 15.9 Å². The Hall–Kier alpha value is -0.410. The SMILES string of the molecule is COCc1cc(C(C)C)c(Br)c(C(C)C)n1. The molecule has 0 aliphatic heterocycles. The van der Waals surface area contributed by atoms with E-state index in [1.165, 1.54) is 5.56 Å². The Bertz CT molecular complexity index is 332. The molecule has 0 fully saturated rings. The standard InChI is InChI=1S/C13H20BrNO/c1-8(2)11-6-10(7-16-5)15-13(9(3)4)12(11)14/h6,8-9H,7H2,1-5H3. The third-order valence-corrected chi connectivity index (χ3v) is 3.39. The van der Waals surface area contributed by atoms with Gasteiger partial charge in [-0.15, -0.1) is 0 Å². The molecule has 0 aliphatic rings. The van der Waals surface area contributed by atoms with Gasteiger partial charge in [0.05, 0.1) is 18.0 Å². The molecule has 1 rings (SSSR count). The molecule has 0 saturated carbocycles. The number of hydrogen-bond acceptors (Lipinski definition) is 2. The summed E-state index contributed by atoms with van der Waals surface area (Å²) in [7, 11) is 1.70. The van der Waals surface area contributed by atoms with E-state index < -0.39 is 0 Å². The fraction of sp³-hybridized carbons (Fsp3) is 0.615. The molecule has 0 amide bonds. The van der Waals surface area contributed by atoms with Crippen molar-refractivity contribution in [3.05, 3.63) is 27.5 Å². The number of aromatic nitrogens is 1. The Kier molecular flexibility index (Phi) is 4.93. The maximum absolute atomic E-state index is 5.16. The summed E-state index contributed by atoms with van der Waals surface area (Å²) in [5, 5.41) is 0. The average molecular weight is 286 g/mol. The average Bonchev–Trinajstić information content (AvgIpc) is 2.19. The normalized spacial score (nSPS) is 11.5. The number of pyridine rings is 1. The van der Waals surface area contributed by atoms with Crippen LogP contribution in [0.15, 0.2) is 10.5 Å². The Morgan fingerprint density at radius 1 is 1.25 bits per heavy atom. The molecule has 1 aromatic heterocycles. The lowest BCUT2D eigenvalue weighted by atomic mass is 9.99. The van der Waals surface area contributed by atoms with Crippen molar-refractivity contribution < 1.29 is 4.74 Å². The molecule has 90 valence electrons. The molecule has 0 aliphatic carbocycles. The highest BCUT2D eigenvalue weighted by Gasteiger charge is 2.15. The Labute approximate surface area is 107 Å². The first-order valence-corrected chi connectivity index (χ1v) is 6.44. The Balaban J connectivity index is 3.27. The predicted octanol–water partition coefficient (Wildman–Crippen LogP) is 4.24. The van der Waals surface area contributed by atoms with Crippen molar-refractivity contribution in [2.45, 2.75) is 46.1 Å². The van der Waals surface area contributed by atoms with Crippen molar-refractivity contribution in [1.29, 1.82) is 0 Å². The molecular formula is C13H20BrNO. The minimum absolute atomic E-state index is 0.420. The van der Waals surface area contributed by atoms with Gasteiger partial charge >= 0.3 is 0 Å². The minimum Gasteiger partial charge on any atom is -0.378 e. The zero-order valence-corrected chi connectivity index (χ0v) is 12.3. The second-order valence-electron chi connectivity index (χ2n) is 4.64. The van der Waals surface area contributed by atoms with E-state index in [1.54, 1.807) is 7.11 Å². The van der Waals surface area contributed by atoms with E-state index in [4.69, 9.17) is 4.74 Å². The molecule has 0 saturated heterocycles. The molecule has 0 unspecified atom stereocenters. The van der Waals surface area contributed by atoms with Crippen molar-refractivity contribution in [3.8, 4) is 0 Å². The molecule has 2 nitrogen and oxygen atoms in total. The molecular weight excluding hydrogens is 266 g/mol. The third kappa shape index (κ3) is 3.05. The van der Waals surface area contributed by atoms with Crippen LogP contribution < -0.4 is 0 Å². The molecule has 16 heavy (non-hydrogen) atoms. The monoisotopic (exact) mass is 285 g/mol. The summed E-state index contributed by atoms with van der Waals surface area (Å²) >= 11 is 3.66. The number of rotatable bonds is 4. The van der Waals surface area contributed by atoms with Crippen molar-refractivity contribution >= 4 is 15.9 Å². The summed E-state index contributed by atoms with van der Waals surface area (Å²) in [5.41, 5.74) is 3.45. The van der Waals surface area contributed by atoms with Gasteiger partial charge in [-0.25, -0.2) is 0 Å². The van der Waals surface area contributed by atoms with E-state index >= 15 is 0 Å². The van der Waals surface area contributed by atoms with Gasteiger partial charge in [0.15, 0.2) is 0 Å². The van der Waals surface area contributed by atoms with Crippen LogP contribution in [0.3, 0.4) is 0 Å². The summed E-state index contributed by atoms with van der Waals surface area (Å²) < 4.78 is 6.31. The van der Waals surface area contributed by atoms with Crippen LogP contribution in [-0.4, -0.2) is 12.1 Å². The Morgan fingerprint density at radius 2 is 1.88 bits per heavy atom. The fourth-order valence-electron chi connectivity index (χ4n) is 1.65. The second kappa shape index (κ2) is 5.78. The highest BCUT2D eigenvalue weighted by Crippen LogP contribution is 2.31. The summed E-state index contributed by atoms with van der Waals surface area (Å²) in [6, 6.07) is 2.13. The second-order valence-corrected chi connectivity index (χ2v) is 5.44. The maximum atomic E-state index is 5.16. The van der Waals surface area contributed by atoms with Gasteiger partial charge in [0.25, 0.3) is 0 Å². The lowest BCUT2D eigenvalue weighted by molar-refractivity contribution is 0.181. The smallest absolute Gasteiger partial charge is 0.0884 e. The first-order valence-electron chi connectivity index (χ1n) is 5.65. The Morgan fingerprint density at radius 3 is 2.31 bits per heavy atom. The summed E-state index contributed by atoms with van der Waals surface area (Å²) in [6.45, 7) is 9.29. The first kappa shape index (κ1) is 13.7. The number of halogens is 1. The largest absolute Gasteiger partial charge is 0.378 e. The predicted molar refractivity (Wildman–Crippen MR) is 70.8 cm³/mol. The molecule has 0 radical (unpaired) electrons. The zero-order chi connectivity index (χ0) is 12.3. The molecule has 0 atom stereocenters. The van der Waals surface area contributed by atoms with Crippen molar-refractivity contribution in [2.24, 2.45) is 0 Å². The molecule has 1 heterocycles. The topological polar surface area (TPSA) is 22.1 Å². The van der Waals surface area contributed by atoms with Crippen LogP contribution in [0.2, 0.25) is 0 Å². The maximum Gasteiger partial charge on any atom is 0.0884 e. The van der Waals surface area contributed by atoms with E-state index in [-0.39, 0.29) is 0 Å². The zero-order valence-electron chi connectivity index (χ0n) is 10.7. The highest BCUT2D eigenvalue weighted by atomic mass is 79.9. The van der Waals surface area contributed by atoms with E-state index in [2.05, 4.69) is 54.7 Å². The van der Waals surface area contributed by atoms with Crippen LogP contribution in [0.4, 0.5) is 0 Å². The molecule has 0 spiro atoms. The van der Waals surface area contributed by atoms with Gasteiger partial charge in [0.1, 0.15) is 0 Å². The summed E-state index contributed by atoms with van der Waals surface area (Å²) in [6.07, 6.45) is 0. The third-order valence-electron chi connectivity index (χ3n) is 2.53. The lowest BCUT2D eigenvalue weighted by Crippen LogP contribution is -2.04. The summed E-state index contributed by atoms with van der Waals surface area (Å²) in [5.74, 6) is 0.911. The minimum atomic E-state index is 0.420. The van der Waals surface area contributed by atoms with E-state index in [1.807, 2.05) is 0 Å². The van der Waals surface area contributed by atoms with Crippen molar-refractivity contribution in [2.75, 3.05) is 7.11 Å². The van der Waals surface area contributed by atoms with Gasteiger partial charge in [-0.1, -0.05) is 27.7 Å². The lowest BCUT2D eigenvalue weighted by Gasteiger charge is -2.16. The molecule has 0 bridgehead atoms. The van der Waals surface area contributed by atoms with Gasteiger partial charge < -0.3 is 4.74 Å². The number of hydrogen-bond donors (Lipinski definition) is 0. The molecule has 0 N–H and O–H groups in total. The van der Waals surface area contributed by atoms with Crippen LogP contribution in [0.1, 0.15) is 56.5 Å². The van der Waals surface area contributed by atoms with Crippen molar-refractivity contribution in [3.63, 3.8) is 0 Å². The molecule has 0 aromatic carbocycles. The van der Waals surface area contributed by atoms with Crippen LogP contribution in [-0.2, 0) is 11.3 Å². The highest BCUT2D eigenvalue weighted by molar-refractivity contribution is 9.10.